The highest BCUT2D eigenvalue weighted by Gasteiger charge is 1.99. The average Bonchev–Trinajstić information content (AvgIpc) is 2.64. The van der Waals surface area contributed by atoms with Crippen molar-refractivity contribution in [1.82, 2.24) is 0 Å². The lowest BCUT2D eigenvalue weighted by Gasteiger charge is -2.08. The van der Waals surface area contributed by atoms with Crippen LogP contribution in [0.5, 0.6) is 5.75 Å². The van der Waals surface area contributed by atoms with Crippen molar-refractivity contribution in [3.05, 3.63) is 29.8 Å². The number of ether oxygens (including phenoxy) is 1. The van der Waals surface area contributed by atoms with Crippen LogP contribution >= 0.6 is 0 Å². The maximum absolute atomic E-state index is 9.23. The topological polar surface area (TPSA) is 29.5 Å². The van der Waals surface area contributed by atoms with Gasteiger partial charge in [-0.1, -0.05) is 96.1 Å². The molecule has 0 aliphatic rings. The summed E-state index contributed by atoms with van der Waals surface area (Å²) in [5.74, 6) is 0.847. The van der Waals surface area contributed by atoms with E-state index in [-0.39, 0.29) is 0 Å². The van der Waals surface area contributed by atoms with Crippen LogP contribution in [0.2, 0.25) is 0 Å². The van der Waals surface area contributed by atoms with Crippen molar-refractivity contribution in [2.75, 3.05) is 6.61 Å². The standard InChI is InChI=1S/C24H42O2/c1-3-4-5-6-7-8-9-10-11-12-13-14-15-16-23-17-19-24(20-18-23)26-21-22(2)25/h17-20,22,25H,3-16,21H2,1-2H3. The molecule has 0 fully saturated rings. The third kappa shape index (κ3) is 13.2. The van der Waals surface area contributed by atoms with E-state index in [4.69, 9.17) is 4.74 Å². The molecule has 0 aliphatic carbocycles. The predicted molar refractivity (Wildman–Crippen MR) is 113 cm³/mol. The number of unbranched alkanes of at least 4 members (excludes halogenated alkanes) is 12. The fourth-order valence-corrected chi connectivity index (χ4v) is 3.32. The van der Waals surface area contributed by atoms with Crippen LogP contribution in [-0.4, -0.2) is 17.8 Å². The minimum Gasteiger partial charge on any atom is -0.491 e. The Labute approximate surface area is 162 Å². The second kappa shape index (κ2) is 16.2. The van der Waals surface area contributed by atoms with E-state index in [1.54, 1.807) is 6.92 Å². The molecule has 1 aromatic carbocycles. The molecule has 0 spiro atoms. The molecule has 0 saturated heterocycles. The van der Waals surface area contributed by atoms with Crippen molar-refractivity contribution in [2.45, 2.75) is 110 Å². The number of hydrogen-bond donors (Lipinski definition) is 1. The Hall–Kier alpha value is -1.02. The number of aliphatic hydroxyl groups excluding tert-OH is 1. The zero-order valence-electron chi connectivity index (χ0n) is 17.3. The maximum Gasteiger partial charge on any atom is 0.119 e. The quantitative estimate of drug-likeness (QED) is 0.300. The van der Waals surface area contributed by atoms with E-state index in [2.05, 4.69) is 19.1 Å². The van der Waals surface area contributed by atoms with E-state index in [9.17, 15) is 5.11 Å². The van der Waals surface area contributed by atoms with Gasteiger partial charge in [0, 0.05) is 0 Å². The van der Waals surface area contributed by atoms with Crippen molar-refractivity contribution in [3.63, 3.8) is 0 Å². The second-order valence-corrected chi connectivity index (χ2v) is 7.80. The molecule has 0 aromatic heterocycles. The normalized spacial score (nSPS) is 12.3. The van der Waals surface area contributed by atoms with Gasteiger partial charge in [0.05, 0.1) is 6.10 Å². The summed E-state index contributed by atoms with van der Waals surface area (Å²) in [5.41, 5.74) is 1.39. The first-order valence-electron chi connectivity index (χ1n) is 11.1. The number of benzene rings is 1. The van der Waals surface area contributed by atoms with Crippen LogP contribution in [0.4, 0.5) is 0 Å². The van der Waals surface area contributed by atoms with E-state index in [1.807, 2.05) is 12.1 Å². The molecule has 1 unspecified atom stereocenters. The van der Waals surface area contributed by atoms with Crippen molar-refractivity contribution in [2.24, 2.45) is 0 Å². The molecule has 1 atom stereocenters. The smallest absolute Gasteiger partial charge is 0.119 e. The molecule has 0 aliphatic heterocycles. The Kier molecular flexibility index (Phi) is 14.3. The zero-order chi connectivity index (χ0) is 18.9. The Morgan fingerprint density at radius 3 is 1.65 bits per heavy atom. The van der Waals surface area contributed by atoms with Gasteiger partial charge in [-0.2, -0.15) is 0 Å². The molecule has 1 N–H and O–H groups in total. The summed E-state index contributed by atoms with van der Waals surface area (Å²) >= 11 is 0. The van der Waals surface area contributed by atoms with Gasteiger partial charge in [0.15, 0.2) is 0 Å². The Balaban J connectivity index is 1.90. The van der Waals surface area contributed by atoms with E-state index < -0.39 is 6.10 Å². The first-order chi connectivity index (χ1) is 12.7. The van der Waals surface area contributed by atoms with Crippen LogP contribution in [0.15, 0.2) is 24.3 Å². The Bertz CT molecular complexity index is 411. The van der Waals surface area contributed by atoms with Gasteiger partial charge in [-0.25, -0.2) is 0 Å². The van der Waals surface area contributed by atoms with E-state index >= 15 is 0 Å². The van der Waals surface area contributed by atoms with Crippen LogP contribution in [0.3, 0.4) is 0 Å². The predicted octanol–water partition coefficient (Wildman–Crippen LogP) is 7.08. The first kappa shape index (κ1) is 23.0. The Morgan fingerprint density at radius 1 is 0.731 bits per heavy atom. The van der Waals surface area contributed by atoms with Gasteiger partial charge in [0.25, 0.3) is 0 Å². The van der Waals surface area contributed by atoms with Crippen LogP contribution in [0, 0.1) is 0 Å². The fraction of sp³-hybridized carbons (Fsp3) is 0.750. The van der Waals surface area contributed by atoms with Gasteiger partial charge in [0.1, 0.15) is 12.4 Å². The minimum atomic E-state index is -0.416. The highest BCUT2D eigenvalue weighted by atomic mass is 16.5. The summed E-state index contributed by atoms with van der Waals surface area (Å²) in [6.07, 6.45) is 19.0. The van der Waals surface area contributed by atoms with Crippen molar-refractivity contribution in [1.29, 1.82) is 0 Å². The second-order valence-electron chi connectivity index (χ2n) is 7.80. The van der Waals surface area contributed by atoms with Crippen LogP contribution in [0.25, 0.3) is 0 Å². The zero-order valence-corrected chi connectivity index (χ0v) is 17.3. The number of rotatable bonds is 17. The van der Waals surface area contributed by atoms with E-state index in [1.165, 1.54) is 89.0 Å². The molecule has 0 radical (unpaired) electrons. The molecule has 2 nitrogen and oxygen atoms in total. The summed E-state index contributed by atoms with van der Waals surface area (Å²) in [5, 5.41) is 9.23. The Morgan fingerprint density at radius 2 is 1.19 bits per heavy atom. The highest BCUT2D eigenvalue weighted by Crippen LogP contribution is 2.16. The van der Waals surface area contributed by atoms with Crippen molar-refractivity contribution >= 4 is 0 Å². The van der Waals surface area contributed by atoms with Gasteiger partial charge >= 0.3 is 0 Å². The lowest BCUT2D eigenvalue weighted by molar-refractivity contribution is 0.122. The first-order valence-corrected chi connectivity index (χ1v) is 11.1. The molecule has 2 heteroatoms. The lowest BCUT2D eigenvalue weighted by atomic mass is 10.0. The minimum absolute atomic E-state index is 0.359. The van der Waals surface area contributed by atoms with E-state index in [0.29, 0.717) is 6.61 Å². The summed E-state index contributed by atoms with van der Waals surface area (Å²) in [6.45, 7) is 4.38. The van der Waals surface area contributed by atoms with Crippen molar-refractivity contribution < 1.29 is 9.84 Å². The van der Waals surface area contributed by atoms with Gasteiger partial charge in [-0.05, 0) is 37.5 Å². The molecule has 26 heavy (non-hydrogen) atoms. The largest absolute Gasteiger partial charge is 0.491 e. The molecule has 0 saturated carbocycles. The fourth-order valence-electron chi connectivity index (χ4n) is 3.32. The monoisotopic (exact) mass is 362 g/mol. The molecular formula is C24H42O2. The third-order valence-electron chi connectivity index (χ3n) is 4.98. The molecular weight excluding hydrogens is 320 g/mol. The van der Waals surface area contributed by atoms with Gasteiger partial charge in [-0.3, -0.25) is 0 Å². The van der Waals surface area contributed by atoms with E-state index in [0.717, 1.165) is 12.2 Å². The van der Waals surface area contributed by atoms with Crippen LogP contribution in [-0.2, 0) is 6.42 Å². The highest BCUT2D eigenvalue weighted by molar-refractivity contribution is 5.27. The SMILES string of the molecule is CCCCCCCCCCCCCCCc1ccc(OCC(C)O)cc1. The summed E-state index contributed by atoms with van der Waals surface area (Å²) < 4.78 is 5.49. The molecule has 150 valence electrons. The summed E-state index contributed by atoms with van der Waals surface area (Å²) in [4.78, 5) is 0. The molecule has 0 bridgehead atoms. The average molecular weight is 363 g/mol. The van der Waals surface area contributed by atoms with Gasteiger partial charge in [0.2, 0.25) is 0 Å². The molecule has 1 aromatic rings. The summed E-state index contributed by atoms with van der Waals surface area (Å²) in [6, 6.07) is 8.33. The number of aliphatic hydroxyl groups is 1. The third-order valence-corrected chi connectivity index (χ3v) is 4.98. The van der Waals surface area contributed by atoms with Gasteiger partial charge in [-0.15, -0.1) is 0 Å². The van der Waals surface area contributed by atoms with Crippen LogP contribution < -0.4 is 4.74 Å². The molecule has 0 amide bonds. The summed E-state index contributed by atoms with van der Waals surface area (Å²) in [7, 11) is 0. The lowest BCUT2D eigenvalue weighted by Crippen LogP contribution is -2.12. The number of aryl methyl sites for hydroxylation is 1. The van der Waals surface area contributed by atoms with Crippen molar-refractivity contribution in [3.8, 4) is 5.75 Å². The maximum atomic E-state index is 9.23. The molecule has 1 rings (SSSR count). The number of hydrogen-bond acceptors (Lipinski definition) is 2. The van der Waals surface area contributed by atoms with Crippen LogP contribution in [0.1, 0.15) is 103 Å². The van der Waals surface area contributed by atoms with Gasteiger partial charge < -0.3 is 9.84 Å². The molecule has 0 heterocycles.